The number of thioether (sulfide) groups is 1. The SMILES string of the molecule is CC1CCCN(C(=O)CSCCN)C1. The van der Waals surface area contributed by atoms with Crippen LogP contribution in [-0.4, -0.2) is 41.9 Å². The Morgan fingerprint density at radius 1 is 1.64 bits per heavy atom. The summed E-state index contributed by atoms with van der Waals surface area (Å²) in [7, 11) is 0. The number of rotatable bonds is 4. The van der Waals surface area contributed by atoms with Crippen molar-refractivity contribution in [1.29, 1.82) is 0 Å². The molecule has 3 nitrogen and oxygen atoms in total. The minimum Gasteiger partial charge on any atom is -0.342 e. The van der Waals surface area contributed by atoms with Gasteiger partial charge in [0.05, 0.1) is 5.75 Å². The maximum Gasteiger partial charge on any atom is 0.232 e. The average molecular weight is 216 g/mol. The summed E-state index contributed by atoms with van der Waals surface area (Å²) in [5, 5.41) is 0. The zero-order chi connectivity index (χ0) is 10.4. The maximum atomic E-state index is 11.7. The Hall–Kier alpha value is -0.220. The summed E-state index contributed by atoms with van der Waals surface area (Å²) in [6.45, 7) is 4.77. The number of hydrogen-bond donors (Lipinski definition) is 1. The Morgan fingerprint density at radius 2 is 2.43 bits per heavy atom. The Kier molecular flexibility index (Phi) is 5.33. The van der Waals surface area contributed by atoms with E-state index >= 15 is 0 Å². The highest BCUT2D eigenvalue weighted by molar-refractivity contribution is 7.99. The molecular formula is C10H20N2OS. The molecule has 1 unspecified atom stereocenters. The minimum absolute atomic E-state index is 0.287. The van der Waals surface area contributed by atoms with E-state index in [2.05, 4.69) is 6.92 Å². The number of nitrogens with two attached hydrogens (primary N) is 1. The van der Waals surface area contributed by atoms with Crippen LogP contribution in [-0.2, 0) is 4.79 Å². The normalized spacial score (nSPS) is 22.4. The highest BCUT2D eigenvalue weighted by Gasteiger charge is 2.20. The predicted molar refractivity (Wildman–Crippen MR) is 61.4 cm³/mol. The molecule has 1 fully saturated rings. The van der Waals surface area contributed by atoms with Gasteiger partial charge in [0.25, 0.3) is 0 Å². The molecule has 1 heterocycles. The number of carbonyl (C=O) groups is 1. The van der Waals surface area contributed by atoms with Gasteiger partial charge in [0.1, 0.15) is 0 Å². The smallest absolute Gasteiger partial charge is 0.232 e. The molecule has 0 aromatic carbocycles. The van der Waals surface area contributed by atoms with E-state index in [1.807, 2.05) is 4.90 Å². The second-order valence-corrected chi connectivity index (χ2v) is 5.03. The van der Waals surface area contributed by atoms with Crippen LogP contribution in [0.4, 0.5) is 0 Å². The van der Waals surface area contributed by atoms with Crippen molar-refractivity contribution in [2.45, 2.75) is 19.8 Å². The van der Waals surface area contributed by atoms with Crippen molar-refractivity contribution in [2.75, 3.05) is 31.1 Å². The molecule has 14 heavy (non-hydrogen) atoms. The zero-order valence-electron chi connectivity index (χ0n) is 8.87. The van der Waals surface area contributed by atoms with Crippen molar-refractivity contribution in [2.24, 2.45) is 11.7 Å². The fourth-order valence-corrected chi connectivity index (χ4v) is 2.42. The topological polar surface area (TPSA) is 46.3 Å². The summed E-state index contributed by atoms with van der Waals surface area (Å²) < 4.78 is 0. The van der Waals surface area contributed by atoms with Crippen LogP contribution in [0.3, 0.4) is 0 Å². The highest BCUT2D eigenvalue weighted by atomic mass is 32.2. The molecule has 0 bridgehead atoms. The molecule has 1 aliphatic heterocycles. The molecule has 0 radical (unpaired) electrons. The lowest BCUT2D eigenvalue weighted by Gasteiger charge is -2.30. The molecule has 82 valence electrons. The standard InChI is InChI=1S/C10H20N2OS/c1-9-3-2-5-12(7-9)10(13)8-14-6-4-11/h9H,2-8,11H2,1H3. The second kappa shape index (κ2) is 6.30. The van der Waals surface area contributed by atoms with Crippen LogP contribution < -0.4 is 5.73 Å². The molecule has 0 aliphatic carbocycles. The summed E-state index contributed by atoms with van der Waals surface area (Å²) in [4.78, 5) is 13.7. The third-order valence-corrected chi connectivity index (χ3v) is 3.47. The molecule has 1 aliphatic rings. The van der Waals surface area contributed by atoms with Crippen molar-refractivity contribution in [1.82, 2.24) is 4.90 Å². The predicted octanol–water partition coefficient (Wildman–Crippen LogP) is 0.937. The van der Waals surface area contributed by atoms with Crippen LogP contribution in [0, 0.1) is 5.92 Å². The van der Waals surface area contributed by atoms with Gasteiger partial charge in [-0.25, -0.2) is 0 Å². The molecule has 1 amide bonds. The first kappa shape index (κ1) is 11.9. The maximum absolute atomic E-state index is 11.7. The summed E-state index contributed by atoms with van der Waals surface area (Å²) in [5.74, 6) is 2.45. The van der Waals surface area contributed by atoms with Crippen LogP contribution >= 0.6 is 11.8 Å². The lowest BCUT2D eigenvalue weighted by molar-refractivity contribution is -0.130. The van der Waals surface area contributed by atoms with E-state index < -0.39 is 0 Å². The van der Waals surface area contributed by atoms with Crippen molar-refractivity contribution < 1.29 is 4.79 Å². The number of hydrogen-bond acceptors (Lipinski definition) is 3. The summed E-state index contributed by atoms with van der Waals surface area (Å²) in [5.41, 5.74) is 5.37. The van der Waals surface area contributed by atoms with Gasteiger partial charge in [-0.05, 0) is 18.8 Å². The van der Waals surface area contributed by atoms with Crippen molar-refractivity contribution in [3.05, 3.63) is 0 Å². The fourth-order valence-electron chi connectivity index (χ4n) is 1.75. The second-order valence-electron chi connectivity index (χ2n) is 3.93. The van der Waals surface area contributed by atoms with Gasteiger partial charge in [0, 0.05) is 25.4 Å². The lowest BCUT2D eigenvalue weighted by atomic mass is 10.0. The van der Waals surface area contributed by atoms with E-state index in [1.165, 1.54) is 6.42 Å². The number of likely N-dealkylation sites (tertiary alicyclic amines) is 1. The van der Waals surface area contributed by atoms with E-state index in [9.17, 15) is 4.79 Å². The average Bonchev–Trinajstić information content (AvgIpc) is 2.18. The van der Waals surface area contributed by atoms with Crippen molar-refractivity contribution in [3.63, 3.8) is 0 Å². The van der Waals surface area contributed by atoms with Gasteiger partial charge in [0.15, 0.2) is 0 Å². The van der Waals surface area contributed by atoms with Crippen LogP contribution in [0.2, 0.25) is 0 Å². The van der Waals surface area contributed by atoms with E-state index in [0.717, 1.165) is 25.3 Å². The van der Waals surface area contributed by atoms with Gasteiger partial charge in [0.2, 0.25) is 5.91 Å². The molecule has 1 atom stereocenters. The zero-order valence-corrected chi connectivity index (χ0v) is 9.68. The molecule has 0 aromatic rings. The monoisotopic (exact) mass is 216 g/mol. The number of amides is 1. The van der Waals surface area contributed by atoms with Crippen LogP contribution in [0.5, 0.6) is 0 Å². The molecule has 1 saturated heterocycles. The fraction of sp³-hybridized carbons (Fsp3) is 0.900. The van der Waals surface area contributed by atoms with Crippen LogP contribution in [0.25, 0.3) is 0 Å². The number of piperidine rings is 1. The quantitative estimate of drug-likeness (QED) is 0.711. The molecular weight excluding hydrogens is 196 g/mol. The van der Waals surface area contributed by atoms with E-state index in [4.69, 9.17) is 5.73 Å². The summed E-state index contributed by atoms with van der Waals surface area (Å²) in [6.07, 6.45) is 2.42. The Balaban J connectivity index is 2.22. The third kappa shape index (κ3) is 3.88. The van der Waals surface area contributed by atoms with Gasteiger partial charge < -0.3 is 10.6 Å². The molecule has 1 rings (SSSR count). The molecule has 0 aromatic heterocycles. The molecule has 0 spiro atoms. The molecule has 2 N–H and O–H groups in total. The molecule has 0 saturated carbocycles. The van der Waals surface area contributed by atoms with E-state index in [1.54, 1.807) is 11.8 Å². The van der Waals surface area contributed by atoms with E-state index in [-0.39, 0.29) is 5.91 Å². The van der Waals surface area contributed by atoms with Gasteiger partial charge in [-0.2, -0.15) is 11.8 Å². The first-order valence-electron chi connectivity index (χ1n) is 5.29. The van der Waals surface area contributed by atoms with Crippen LogP contribution in [0.15, 0.2) is 0 Å². The van der Waals surface area contributed by atoms with Gasteiger partial charge in [-0.15, -0.1) is 0 Å². The largest absolute Gasteiger partial charge is 0.342 e. The first-order chi connectivity index (χ1) is 6.74. The van der Waals surface area contributed by atoms with Crippen LogP contribution in [0.1, 0.15) is 19.8 Å². The van der Waals surface area contributed by atoms with E-state index in [0.29, 0.717) is 18.2 Å². The number of carbonyl (C=O) groups excluding carboxylic acids is 1. The van der Waals surface area contributed by atoms with Gasteiger partial charge in [-0.3, -0.25) is 4.79 Å². The van der Waals surface area contributed by atoms with Gasteiger partial charge in [-0.1, -0.05) is 6.92 Å². The first-order valence-corrected chi connectivity index (χ1v) is 6.45. The summed E-state index contributed by atoms with van der Waals surface area (Å²) >= 11 is 1.64. The summed E-state index contributed by atoms with van der Waals surface area (Å²) in [6, 6.07) is 0. The van der Waals surface area contributed by atoms with Crippen molar-refractivity contribution >= 4 is 17.7 Å². The highest BCUT2D eigenvalue weighted by Crippen LogP contribution is 2.16. The van der Waals surface area contributed by atoms with Gasteiger partial charge >= 0.3 is 0 Å². The Labute approximate surface area is 90.4 Å². The third-order valence-electron chi connectivity index (χ3n) is 2.50. The molecule has 4 heteroatoms. The minimum atomic E-state index is 0.287. The van der Waals surface area contributed by atoms with Crippen molar-refractivity contribution in [3.8, 4) is 0 Å². The Bertz CT molecular complexity index is 187. The number of nitrogens with zero attached hydrogens (tertiary/aromatic N) is 1. The lowest BCUT2D eigenvalue weighted by Crippen LogP contribution is -2.40. The Morgan fingerprint density at radius 3 is 3.07 bits per heavy atom.